The van der Waals surface area contributed by atoms with Crippen molar-refractivity contribution in [3.63, 3.8) is 0 Å². The van der Waals surface area contributed by atoms with Crippen molar-refractivity contribution in [2.24, 2.45) is 0 Å². The molecule has 87 heavy (non-hydrogen) atoms. The molecule has 6 aromatic heterocycles. The van der Waals surface area contributed by atoms with Crippen LogP contribution in [0.5, 0.6) is 0 Å². The Bertz CT molecular complexity index is 5890. The molecule has 0 amide bonds. The van der Waals surface area contributed by atoms with Gasteiger partial charge in [-0.15, -0.1) is 0 Å². The summed E-state index contributed by atoms with van der Waals surface area (Å²) in [5, 5.41) is 14.6. The van der Waals surface area contributed by atoms with Crippen molar-refractivity contribution in [3.8, 4) is 22.7 Å². The molecule has 0 aliphatic carbocycles. The maximum Gasteiger partial charge on any atom is 0.220 e. The first-order chi connectivity index (χ1) is 43.2. The predicted molar refractivity (Wildman–Crippen MR) is 363 cm³/mol. The quantitative estimate of drug-likeness (QED) is 0.112. The van der Waals surface area contributed by atoms with Crippen LogP contribution in [0.4, 0.5) is 0 Å². The Morgan fingerprint density at radius 3 is 1.20 bits per heavy atom. The molecule has 0 aliphatic heterocycles. The Balaban J connectivity index is 0.846. The van der Waals surface area contributed by atoms with Crippen LogP contribution in [0.25, 0.3) is 138 Å². The van der Waals surface area contributed by atoms with Crippen molar-refractivity contribution in [3.05, 3.63) is 303 Å². The first-order valence-corrected chi connectivity index (χ1v) is 31.8. The molecule has 0 atom stereocenters. The largest absolute Gasteiger partial charge is 0.454 e. The SMILES string of the molecule is c1ccc([Si](c2ccccc2)(c2cccc(-n3c4ccccc4c4cc(-n5c6ccccc6c6ccccc65)ccc43)c2)c2cccc(-n3c4ccc(-n5c6ccccc6c6ccccc65)cc4n4c5ccc6c7ccccc7oc6c5nc34)c2)cc1. The number of nitrogens with zero attached hydrogens (tertiary/aromatic N) is 6. The summed E-state index contributed by atoms with van der Waals surface area (Å²) in [5.74, 6) is 0.811. The number of rotatable bonds is 8. The molecule has 19 aromatic rings. The number of furan rings is 1. The van der Waals surface area contributed by atoms with E-state index in [0.717, 1.165) is 94.6 Å². The third-order valence-electron chi connectivity index (χ3n) is 18.6. The fourth-order valence-electron chi connectivity index (χ4n) is 15.0. The fraction of sp³-hybridized carbons (Fsp3) is 0. The van der Waals surface area contributed by atoms with Crippen LogP contribution < -0.4 is 20.7 Å². The van der Waals surface area contributed by atoms with Gasteiger partial charge in [0.1, 0.15) is 11.1 Å². The zero-order valence-electron chi connectivity index (χ0n) is 47.0. The van der Waals surface area contributed by atoms with Crippen molar-refractivity contribution in [2.75, 3.05) is 0 Å². The maximum absolute atomic E-state index is 6.76. The Morgan fingerprint density at radius 2 is 0.655 bits per heavy atom. The number of para-hydroxylation sites is 6. The third-order valence-corrected chi connectivity index (χ3v) is 23.4. The lowest BCUT2D eigenvalue weighted by molar-refractivity contribution is 0.672. The average molecular weight is 1130 g/mol. The fourth-order valence-corrected chi connectivity index (χ4v) is 19.8. The van der Waals surface area contributed by atoms with Crippen LogP contribution in [0, 0.1) is 0 Å². The van der Waals surface area contributed by atoms with Crippen LogP contribution in [0.15, 0.2) is 308 Å². The first-order valence-electron chi connectivity index (χ1n) is 29.8. The van der Waals surface area contributed by atoms with E-state index in [9.17, 15) is 0 Å². The summed E-state index contributed by atoms with van der Waals surface area (Å²) in [6.07, 6.45) is 0. The Morgan fingerprint density at radius 1 is 0.253 bits per heavy atom. The van der Waals surface area contributed by atoms with Gasteiger partial charge in [0.25, 0.3) is 0 Å². The molecule has 0 N–H and O–H groups in total. The zero-order chi connectivity index (χ0) is 56.9. The molecule has 406 valence electrons. The minimum absolute atomic E-state index is 0.788. The molecule has 0 unspecified atom stereocenters. The van der Waals surface area contributed by atoms with Crippen LogP contribution in [0.2, 0.25) is 0 Å². The molecule has 0 saturated heterocycles. The summed E-state index contributed by atoms with van der Waals surface area (Å²) in [6, 6.07) is 112. The van der Waals surface area contributed by atoms with Gasteiger partial charge in [-0.05, 0) is 130 Å². The van der Waals surface area contributed by atoms with E-state index in [4.69, 9.17) is 9.40 Å². The summed E-state index contributed by atoms with van der Waals surface area (Å²) < 4.78 is 18.8. The molecule has 7 nitrogen and oxygen atoms in total. The highest BCUT2D eigenvalue weighted by Gasteiger charge is 2.42. The van der Waals surface area contributed by atoms with E-state index in [1.54, 1.807) is 0 Å². The number of fused-ring (bicyclic) bond motifs is 18. The van der Waals surface area contributed by atoms with Crippen LogP contribution in [0.3, 0.4) is 0 Å². The molecule has 0 aliphatic rings. The minimum Gasteiger partial charge on any atom is -0.454 e. The molecular formula is C79H50N6OSi. The van der Waals surface area contributed by atoms with Crippen LogP contribution in [-0.2, 0) is 0 Å². The topological polar surface area (TPSA) is 50.2 Å². The first kappa shape index (κ1) is 48.0. The van der Waals surface area contributed by atoms with Gasteiger partial charge in [0, 0.05) is 65.8 Å². The highest BCUT2D eigenvalue weighted by Crippen LogP contribution is 2.41. The summed E-state index contributed by atoms with van der Waals surface area (Å²) in [6.45, 7) is 0. The normalized spacial score (nSPS) is 12.4. The number of aromatic nitrogens is 6. The van der Waals surface area contributed by atoms with Gasteiger partial charge in [-0.2, -0.15) is 0 Å². The molecule has 0 fully saturated rings. The smallest absolute Gasteiger partial charge is 0.220 e. The number of hydrogen-bond donors (Lipinski definition) is 0. The van der Waals surface area contributed by atoms with Gasteiger partial charge >= 0.3 is 0 Å². The number of benzene rings is 13. The molecule has 8 heteroatoms. The van der Waals surface area contributed by atoms with Crippen LogP contribution in [-0.4, -0.2) is 35.7 Å². The summed E-state index contributed by atoms with van der Waals surface area (Å²) in [4.78, 5) is 5.68. The van der Waals surface area contributed by atoms with Crippen molar-refractivity contribution >= 4 is 144 Å². The second kappa shape index (κ2) is 18.3. The lowest BCUT2D eigenvalue weighted by Gasteiger charge is -2.35. The Labute approximate surface area is 499 Å². The highest BCUT2D eigenvalue weighted by atomic mass is 28.3. The number of hydrogen-bond acceptors (Lipinski definition) is 2. The second-order valence-electron chi connectivity index (χ2n) is 23.0. The average Bonchev–Trinajstić information content (AvgIpc) is 1.77. The molecule has 0 radical (unpaired) electrons. The lowest BCUT2D eigenvalue weighted by Crippen LogP contribution is -2.74. The van der Waals surface area contributed by atoms with Crippen molar-refractivity contribution in [1.29, 1.82) is 0 Å². The highest BCUT2D eigenvalue weighted by molar-refractivity contribution is 7.20. The van der Waals surface area contributed by atoms with Crippen molar-refractivity contribution < 1.29 is 4.42 Å². The minimum atomic E-state index is -3.22. The van der Waals surface area contributed by atoms with Crippen LogP contribution in [0.1, 0.15) is 0 Å². The van der Waals surface area contributed by atoms with Gasteiger partial charge in [-0.3, -0.25) is 8.97 Å². The van der Waals surface area contributed by atoms with E-state index < -0.39 is 8.07 Å². The molecule has 0 saturated carbocycles. The standard InChI is InChI=1S/C79H50N6OSi/c1-3-23-55(24-4-1)87(56-25-5-2-6-26-56,57-27-19-21-51(47-57)81-71-39-17-11-33-63(71)66-49-53(41-44-72(66)81)82-67-35-13-7-29-59(67)60-30-8-14-36-68(60)82)58-28-20-22-52(48-58)84-73-45-42-54(83-69-37-15-9-31-61(69)62-32-10-16-38-70(62)83)50-75(73)85-74-46-43-65-64-34-12-18-40-76(64)86-78(65)77(74)80-79(84)85/h1-50H. The second-order valence-corrected chi connectivity index (χ2v) is 26.8. The van der Waals surface area contributed by atoms with Crippen molar-refractivity contribution in [1.82, 2.24) is 27.7 Å². The summed E-state index contributed by atoms with van der Waals surface area (Å²) in [7, 11) is -3.22. The molecular weight excluding hydrogens is 1080 g/mol. The monoisotopic (exact) mass is 1130 g/mol. The van der Waals surface area contributed by atoms with E-state index in [-0.39, 0.29) is 0 Å². The number of imidazole rings is 2. The van der Waals surface area contributed by atoms with Gasteiger partial charge in [0.05, 0.1) is 49.7 Å². The Kier molecular flexibility index (Phi) is 10.1. The van der Waals surface area contributed by atoms with Crippen molar-refractivity contribution in [2.45, 2.75) is 0 Å². The molecule has 0 bridgehead atoms. The van der Waals surface area contributed by atoms with E-state index in [1.807, 2.05) is 12.1 Å². The molecule has 13 aromatic carbocycles. The van der Waals surface area contributed by atoms with Gasteiger partial charge in [0.2, 0.25) is 5.78 Å². The van der Waals surface area contributed by atoms with Gasteiger partial charge in [-0.25, -0.2) is 4.98 Å². The van der Waals surface area contributed by atoms with Crippen LogP contribution >= 0.6 is 0 Å². The third kappa shape index (κ3) is 6.72. The summed E-state index contributed by atoms with van der Waals surface area (Å²) >= 11 is 0. The van der Waals surface area contributed by atoms with E-state index in [0.29, 0.717) is 0 Å². The van der Waals surface area contributed by atoms with Gasteiger partial charge < -0.3 is 18.1 Å². The molecule has 0 spiro atoms. The molecule has 6 heterocycles. The zero-order valence-corrected chi connectivity index (χ0v) is 48.0. The molecule has 19 rings (SSSR count). The van der Waals surface area contributed by atoms with E-state index in [1.165, 1.54) is 64.1 Å². The predicted octanol–water partition coefficient (Wildman–Crippen LogP) is 17.0. The lowest BCUT2D eigenvalue weighted by atomic mass is 10.1. The van der Waals surface area contributed by atoms with Gasteiger partial charge in [0.15, 0.2) is 13.7 Å². The summed E-state index contributed by atoms with van der Waals surface area (Å²) in [5.41, 5.74) is 16.9. The van der Waals surface area contributed by atoms with Gasteiger partial charge in [-0.1, -0.05) is 194 Å². The Hall–Kier alpha value is -11.5. The maximum atomic E-state index is 6.76. The van der Waals surface area contributed by atoms with E-state index >= 15 is 0 Å². The van der Waals surface area contributed by atoms with E-state index in [2.05, 4.69) is 314 Å².